The first-order chi connectivity index (χ1) is 9.54. The summed E-state index contributed by atoms with van der Waals surface area (Å²) >= 11 is 17.2. The van der Waals surface area contributed by atoms with Crippen molar-refractivity contribution in [1.82, 2.24) is 4.72 Å². The van der Waals surface area contributed by atoms with Gasteiger partial charge in [-0.3, -0.25) is 9.59 Å². The van der Waals surface area contributed by atoms with Crippen molar-refractivity contribution in [2.75, 3.05) is 0 Å². The Hall–Kier alpha value is -1.06. The maximum Gasteiger partial charge on any atom is 0.322 e. The number of rotatable bonds is 6. The lowest BCUT2D eigenvalue weighted by Crippen LogP contribution is -2.43. The van der Waals surface area contributed by atoms with Crippen molar-refractivity contribution in [3.63, 3.8) is 0 Å². The van der Waals surface area contributed by atoms with Gasteiger partial charge in [0, 0.05) is 5.02 Å². The van der Waals surface area contributed by atoms with Crippen molar-refractivity contribution < 1.29 is 23.1 Å². The molecule has 0 aliphatic carbocycles. The van der Waals surface area contributed by atoms with Crippen LogP contribution in [0.1, 0.15) is 6.42 Å². The largest absolute Gasteiger partial charge is 0.480 e. The Labute approximate surface area is 135 Å². The van der Waals surface area contributed by atoms with Crippen LogP contribution >= 0.6 is 34.8 Å². The third-order valence-electron chi connectivity index (χ3n) is 2.23. The molecule has 1 amide bonds. The van der Waals surface area contributed by atoms with E-state index in [9.17, 15) is 18.0 Å². The van der Waals surface area contributed by atoms with Crippen LogP contribution in [0, 0.1) is 0 Å². The fraction of sp³-hybridized carbons (Fsp3) is 0.200. The first-order valence-corrected chi connectivity index (χ1v) is 7.84. The molecule has 0 aromatic heterocycles. The Bertz CT molecular complexity index is 669. The van der Waals surface area contributed by atoms with Crippen LogP contribution in [0.25, 0.3) is 0 Å². The molecule has 11 heteroatoms. The highest BCUT2D eigenvalue weighted by atomic mass is 35.5. The van der Waals surface area contributed by atoms with Crippen LogP contribution in [-0.2, 0) is 19.6 Å². The van der Waals surface area contributed by atoms with E-state index in [1.165, 1.54) is 0 Å². The van der Waals surface area contributed by atoms with E-state index < -0.39 is 39.3 Å². The number of nitrogens with one attached hydrogen (secondary N) is 1. The number of carboxylic acids is 1. The molecule has 0 aliphatic heterocycles. The number of hydrogen-bond acceptors (Lipinski definition) is 4. The Balaban J connectivity index is 3.23. The molecule has 0 bridgehead atoms. The van der Waals surface area contributed by atoms with E-state index in [1.807, 2.05) is 0 Å². The Morgan fingerprint density at radius 1 is 1.24 bits per heavy atom. The number of amides is 1. The summed E-state index contributed by atoms with van der Waals surface area (Å²) in [4.78, 5) is 21.2. The molecule has 0 spiro atoms. The molecule has 0 saturated carbocycles. The molecular weight excluding hydrogens is 367 g/mol. The number of hydrogen-bond donors (Lipinski definition) is 3. The molecule has 4 N–H and O–H groups in total. The highest BCUT2D eigenvalue weighted by Crippen LogP contribution is 2.32. The first-order valence-electron chi connectivity index (χ1n) is 5.22. The summed E-state index contributed by atoms with van der Waals surface area (Å²) < 4.78 is 26.1. The summed E-state index contributed by atoms with van der Waals surface area (Å²) in [5.41, 5.74) is 4.86. The fourth-order valence-corrected chi connectivity index (χ4v) is 4.15. The third kappa shape index (κ3) is 4.72. The van der Waals surface area contributed by atoms with E-state index >= 15 is 0 Å². The summed E-state index contributed by atoms with van der Waals surface area (Å²) in [5.74, 6) is -2.56. The predicted molar refractivity (Wildman–Crippen MR) is 77.0 cm³/mol. The Morgan fingerprint density at radius 3 is 2.10 bits per heavy atom. The fourth-order valence-electron chi connectivity index (χ4n) is 1.41. The van der Waals surface area contributed by atoms with Crippen molar-refractivity contribution in [2.24, 2.45) is 5.73 Å². The van der Waals surface area contributed by atoms with Crippen LogP contribution in [-0.4, -0.2) is 31.4 Å². The zero-order chi connectivity index (χ0) is 16.4. The lowest BCUT2D eigenvalue weighted by Gasteiger charge is -2.15. The summed E-state index contributed by atoms with van der Waals surface area (Å²) in [5, 5.41) is 8.42. The summed E-state index contributed by atoms with van der Waals surface area (Å²) in [7, 11) is -4.39. The monoisotopic (exact) mass is 374 g/mol. The van der Waals surface area contributed by atoms with Crippen LogP contribution in [0.15, 0.2) is 17.0 Å². The van der Waals surface area contributed by atoms with E-state index in [1.54, 1.807) is 4.72 Å². The van der Waals surface area contributed by atoms with Crippen molar-refractivity contribution in [3.8, 4) is 0 Å². The van der Waals surface area contributed by atoms with Gasteiger partial charge in [0.25, 0.3) is 0 Å². The average Bonchev–Trinajstić information content (AvgIpc) is 2.24. The van der Waals surface area contributed by atoms with E-state index in [4.69, 9.17) is 45.6 Å². The van der Waals surface area contributed by atoms with Crippen LogP contribution in [0.3, 0.4) is 0 Å². The first kappa shape index (κ1) is 18.0. The van der Waals surface area contributed by atoms with Crippen molar-refractivity contribution in [2.45, 2.75) is 17.4 Å². The second-order valence-corrected chi connectivity index (χ2v) is 6.78. The predicted octanol–water partition coefficient (Wildman–Crippen LogP) is 1.25. The van der Waals surface area contributed by atoms with E-state index in [0.29, 0.717) is 0 Å². The SMILES string of the molecule is NC(=O)CC(NS(=O)(=O)c1c(Cl)cc(Cl)cc1Cl)C(=O)O. The third-order valence-corrected chi connectivity index (χ3v) is 4.84. The van der Waals surface area contributed by atoms with E-state index in [-0.39, 0.29) is 15.1 Å². The zero-order valence-corrected chi connectivity index (χ0v) is 13.2. The number of carbonyl (C=O) groups excluding carboxylic acids is 1. The van der Waals surface area contributed by atoms with Crippen molar-refractivity contribution >= 4 is 56.7 Å². The lowest BCUT2D eigenvalue weighted by atomic mass is 10.2. The van der Waals surface area contributed by atoms with E-state index in [0.717, 1.165) is 12.1 Å². The van der Waals surface area contributed by atoms with Crippen LogP contribution < -0.4 is 10.5 Å². The smallest absolute Gasteiger partial charge is 0.322 e. The minimum absolute atomic E-state index is 0.107. The maximum absolute atomic E-state index is 12.1. The van der Waals surface area contributed by atoms with Gasteiger partial charge in [-0.15, -0.1) is 0 Å². The topological polar surface area (TPSA) is 127 Å². The van der Waals surface area contributed by atoms with E-state index in [2.05, 4.69) is 0 Å². The minimum Gasteiger partial charge on any atom is -0.480 e. The number of carbonyl (C=O) groups is 2. The highest BCUT2D eigenvalue weighted by molar-refractivity contribution is 7.89. The lowest BCUT2D eigenvalue weighted by molar-refractivity contribution is -0.140. The number of halogens is 3. The minimum atomic E-state index is -4.39. The molecule has 0 aliphatic rings. The quantitative estimate of drug-likeness (QED) is 0.689. The van der Waals surface area contributed by atoms with Gasteiger partial charge in [0.05, 0.1) is 16.5 Å². The van der Waals surface area contributed by atoms with Gasteiger partial charge < -0.3 is 10.8 Å². The van der Waals surface area contributed by atoms with Crippen LogP contribution in [0.4, 0.5) is 0 Å². The number of sulfonamides is 1. The van der Waals surface area contributed by atoms with Crippen LogP contribution in [0.5, 0.6) is 0 Å². The standard InChI is InChI=1S/C10H9Cl3N2O5S/c11-4-1-5(12)9(6(13)2-4)21(19,20)15-7(10(17)18)3-8(14)16/h1-2,7,15H,3H2,(H2,14,16)(H,17,18). The second-order valence-electron chi connectivity index (χ2n) is 3.88. The Kier molecular flexibility index (Phi) is 5.83. The Morgan fingerprint density at radius 2 is 1.71 bits per heavy atom. The molecule has 1 aromatic rings. The van der Waals surface area contributed by atoms with Crippen molar-refractivity contribution in [3.05, 3.63) is 27.2 Å². The second kappa shape index (κ2) is 6.80. The molecule has 0 saturated heterocycles. The number of primary amides is 1. The molecule has 1 atom stereocenters. The number of aliphatic carboxylic acids is 1. The maximum atomic E-state index is 12.1. The molecule has 0 fully saturated rings. The molecule has 1 unspecified atom stereocenters. The highest BCUT2D eigenvalue weighted by Gasteiger charge is 2.30. The van der Waals surface area contributed by atoms with Gasteiger partial charge in [-0.1, -0.05) is 34.8 Å². The van der Waals surface area contributed by atoms with Crippen LogP contribution in [0.2, 0.25) is 15.1 Å². The van der Waals surface area contributed by atoms with Gasteiger partial charge >= 0.3 is 5.97 Å². The average molecular weight is 376 g/mol. The van der Waals surface area contributed by atoms with Gasteiger partial charge in [0.15, 0.2) is 0 Å². The molecule has 21 heavy (non-hydrogen) atoms. The normalized spacial score (nSPS) is 12.9. The summed E-state index contributed by atoms with van der Waals surface area (Å²) in [6, 6.07) is 0.524. The molecule has 7 nitrogen and oxygen atoms in total. The number of carboxylic acid groups (broad SMARTS) is 1. The summed E-state index contributed by atoms with van der Waals surface area (Å²) in [6.07, 6.45) is -0.725. The number of nitrogens with two attached hydrogens (primary N) is 1. The van der Waals surface area contributed by atoms with Gasteiger partial charge in [0.1, 0.15) is 10.9 Å². The van der Waals surface area contributed by atoms with Gasteiger partial charge in [-0.05, 0) is 12.1 Å². The zero-order valence-electron chi connectivity index (χ0n) is 10.1. The van der Waals surface area contributed by atoms with Gasteiger partial charge in [0.2, 0.25) is 15.9 Å². The van der Waals surface area contributed by atoms with Gasteiger partial charge in [-0.25, -0.2) is 8.42 Å². The van der Waals surface area contributed by atoms with Crippen molar-refractivity contribution in [1.29, 1.82) is 0 Å². The van der Waals surface area contributed by atoms with Gasteiger partial charge in [-0.2, -0.15) is 4.72 Å². The molecular formula is C10H9Cl3N2O5S. The molecule has 1 aromatic carbocycles. The molecule has 1 rings (SSSR count). The summed E-state index contributed by atoms with van der Waals surface area (Å²) in [6.45, 7) is 0. The molecule has 0 heterocycles. The number of benzene rings is 1. The molecule has 0 radical (unpaired) electrons. The molecule has 116 valence electrons.